The molecule has 0 saturated heterocycles. The van der Waals surface area contributed by atoms with Gasteiger partial charge in [0.2, 0.25) is 0 Å². The topological polar surface area (TPSA) is 61.4 Å². The highest BCUT2D eigenvalue weighted by atomic mass is 32.1. The summed E-state index contributed by atoms with van der Waals surface area (Å²) in [6.07, 6.45) is 2.26. The molecule has 0 aliphatic heterocycles. The van der Waals surface area contributed by atoms with E-state index in [2.05, 4.69) is 156 Å². The Morgan fingerprint density at radius 3 is 1.86 bits per heavy atom. The van der Waals surface area contributed by atoms with Crippen LogP contribution in [0.1, 0.15) is 60.7 Å². The summed E-state index contributed by atoms with van der Waals surface area (Å²) >= 11 is 1.71. The zero-order chi connectivity index (χ0) is 33.9. The first-order chi connectivity index (χ1) is 24.7. The zero-order valence-electron chi connectivity index (χ0n) is 28.2. The van der Waals surface area contributed by atoms with Crippen molar-refractivity contribution in [3.63, 3.8) is 0 Å². The first kappa shape index (κ1) is 31.6. The highest BCUT2D eigenvalue weighted by Crippen LogP contribution is 2.43. The molecule has 246 valence electrons. The average Bonchev–Trinajstić information content (AvgIpc) is 3.93. The van der Waals surface area contributed by atoms with Gasteiger partial charge in [0.25, 0.3) is 0 Å². The van der Waals surface area contributed by atoms with E-state index in [1.54, 1.807) is 11.3 Å². The van der Waals surface area contributed by atoms with Gasteiger partial charge in [-0.15, -0.1) is 16.4 Å². The monoisotopic (exact) mass is 670 g/mol. The Morgan fingerprint density at radius 2 is 1.26 bits per heavy atom. The Labute approximate surface area is 296 Å². The molecule has 1 atom stereocenters. The molecule has 50 heavy (non-hydrogen) atoms. The van der Waals surface area contributed by atoms with Crippen LogP contribution in [0.25, 0.3) is 33.5 Å². The van der Waals surface area contributed by atoms with E-state index in [0.717, 1.165) is 58.3 Å². The second-order valence-electron chi connectivity index (χ2n) is 12.9. The summed E-state index contributed by atoms with van der Waals surface area (Å²) < 4.78 is 4.41. The van der Waals surface area contributed by atoms with Crippen LogP contribution in [-0.4, -0.2) is 29.8 Å². The summed E-state index contributed by atoms with van der Waals surface area (Å²) in [7, 11) is 0. The summed E-state index contributed by atoms with van der Waals surface area (Å²) in [6, 6.07) is 48.9. The minimum absolute atomic E-state index is 0.407. The average molecular weight is 671 g/mol. The van der Waals surface area contributed by atoms with Crippen LogP contribution in [0.4, 0.5) is 0 Å². The number of nitrogens with zero attached hydrogens (tertiary/aromatic N) is 6. The molecular weight excluding hydrogens is 633 g/mol. The van der Waals surface area contributed by atoms with Crippen LogP contribution >= 0.6 is 11.3 Å². The number of rotatable bonds is 11. The Kier molecular flexibility index (Phi) is 8.65. The summed E-state index contributed by atoms with van der Waals surface area (Å²) in [6.45, 7) is 5.32. The molecule has 7 heteroatoms. The lowest BCUT2D eigenvalue weighted by Crippen LogP contribution is -2.39. The van der Waals surface area contributed by atoms with E-state index in [1.807, 2.05) is 22.9 Å². The van der Waals surface area contributed by atoms with Crippen LogP contribution in [-0.2, 0) is 12.1 Å². The van der Waals surface area contributed by atoms with Crippen molar-refractivity contribution in [3.8, 4) is 22.5 Å². The standard InChI is InChI=1S/C43H38N6S/c1-3-15-31(2)41-44-39-29-50-30-40(39)48(41)28-32-24-26-33(27-25-32)37-22-13-14-23-38(37)42-45-46-47-49(42)43(34-16-7-4-8-17-34,35-18-9-5-10-19-35)36-20-11-6-12-21-36/h4-14,16-27,29-31H,3,15,28H2,1-2H3. The van der Waals surface area contributed by atoms with E-state index in [4.69, 9.17) is 15.3 Å². The molecule has 0 radical (unpaired) electrons. The lowest BCUT2D eigenvalue weighted by molar-refractivity contribution is 0.451. The van der Waals surface area contributed by atoms with E-state index in [9.17, 15) is 0 Å². The molecular formula is C43H38N6S. The largest absolute Gasteiger partial charge is 0.323 e. The molecule has 0 aliphatic rings. The summed E-state index contributed by atoms with van der Waals surface area (Å²) in [4.78, 5) is 5.04. The molecule has 0 spiro atoms. The third-order valence-electron chi connectivity index (χ3n) is 9.72. The number of imidazole rings is 1. The van der Waals surface area contributed by atoms with Gasteiger partial charge in [0.15, 0.2) is 5.82 Å². The molecule has 3 heterocycles. The van der Waals surface area contributed by atoms with Crippen LogP contribution in [0.2, 0.25) is 0 Å². The van der Waals surface area contributed by atoms with Crippen molar-refractivity contribution in [2.45, 2.75) is 44.7 Å². The van der Waals surface area contributed by atoms with E-state index in [1.165, 1.54) is 16.9 Å². The molecule has 1 unspecified atom stereocenters. The fraction of sp³-hybridized carbons (Fsp3) is 0.163. The highest BCUT2D eigenvalue weighted by Gasteiger charge is 2.42. The number of aromatic nitrogens is 6. The zero-order valence-corrected chi connectivity index (χ0v) is 29.0. The van der Waals surface area contributed by atoms with E-state index >= 15 is 0 Å². The molecule has 0 fully saturated rings. The number of fused-ring (bicyclic) bond motifs is 1. The van der Waals surface area contributed by atoms with Crippen molar-refractivity contribution in [2.75, 3.05) is 0 Å². The summed E-state index contributed by atoms with van der Waals surface area (Å²) in [5, 5.41) is 18.2. The minimum Gasteiger partial charge on any atom is -0.323 e. The van der Waals surface area contributed by atoms with Crippen molar-refractivity contribution in [1.29, 1.82) is 0 Å². The Hall–Kier alpha value is -5.66. The van der Waals surface area contributed by atoms with E-state index < -0.39 is 5.54 Å². The number of thiophene rings is 1. The second-order valence-corrected chi connectivity index (χ2v) is 13.6. The first-order valence-electron chi connectivity index (χ1n) is 17.2. The van der Waals surface area contributed by atoms with Gasteiger partial charge in [-0.3, -0.25) is 0 Å². The van der Waals surface area contributed by atoms with Gasteiger partial charge in [0.05, 0.1) is 11.0 Å². The SMILES string of the molecule is CCCC(C)c1nc2cscc2n1Cc1ccc(-c2ccccc2-c2nnnn2C(c2ccccc2)(c2ccccc2)c2ccccc2)cc1. The van der Waals surface area contributed by atoms with Gasteiger partial charge in [-0.25, -0.2) is 9.67 Å². The second kappa shape index (κ2) is 13.7. The molecule has 8 rings (SSSR count). The predicted molar refractivity (Wildman–Crippen MR) is 203 cm³/mol. The Morgan fingerprint density at radius 1 is 0.680 bits per heavy atom. The normalized spacial score (nSPS) is 12.4. The minimum atomic E-state index is -0.829. The van der Waals surface area contributed by atoms with Gasteiger partial charge in [-0.05, 0) is 50.2 Å². The lowest BCUT2D eigenvalue weighted by atomic mass is 9.77. The molecule has 0 aliphatic carbocycles. The number of hydrogen-bond donors (Lipinski definition) is 0. The quantitative estimate of drug-likeness (QED) is 0.129. The van der Waals surface area contributed by atoms with Crippen molar-refractivity contribution in [2.24, 2.45) is 0 Å². The van der Waals surface area contributed by atoms with Crippen LogP contribution < -0.4 is 0 Å². The smallest absolute Gasteiger partial charge is 0.184 e. The van der Waals surface area contributed by atoms with Gasteiger partial charge in [-0.2, -0.15) is 0 Å². The maximum absolute atomic E-state index is 5.04. The fourth-order valence-electron chi connectivity index (χ4n) is 7.37. The first-order valence-corrected chi connectivity index (χ1v) is 18.2. The van der Waals surface area contributed by atoms with Crippen LogP contribution in [0.3, 0.4) is 0 Å². The third kappa shape index (κ3) is 5.53. The van der Waals surface area contributed by atoms with Gasteiger partial charge in [-0.1, -0.05) is 160 Å². The molecule has 5 aromatic carbocycles. The number of tetrazole rings is 1. The Balaban J connectivity index is 1.23. The summed E-state index contributed by atoms with van der Waals surface area (Å²) in [5.74, 6) is 2.27. The van der Waals surface area contributed by atoms with Crippen molar-refractivity contribution in [3.05, 3.63) is 178 Å². The van der Waals surface area contributed by atoms with E-state index in [-0.39, 0.29) is 0 Å². The maximum atomic E-state index is 5.04. The Bertz CT molecular complexity index is 2230. The summed E-state index contributed by atoms with van der Waals surface area (Å²) in [5.41, 5.74) is 9.06. The molecule has 0 bridgehead atoms. The molecule has 0 N–H and O–H groups in total. The van der Waals surface area contributed by atoms with Gasteiger partial charge < -0.3 is 4.57 Å². The number of hydrogen-bond acceptors (Lipinski definition) is 5. The highest BCUT2D eigenvalue weighted by molar-refractivity contribution is 7.09. The van der Waals surface area contributed by atoms with Crippen molar-refractivity contribution in [1.82, 2.24) is 29.8 Å². The van der Waals surface area contributed by atoms with Crippen molar-refractivity contribution < 1.29 is 0 Å². The number of benzene rings is 5. The molecule has 0 saturated carbocycles. The molecule has 8 aromatic rings. The predicted octanol–water partition coefficient (Wildman–Crippen LogP) is 10.2. The van der Waals surface area contributed by atoms with Gasteiger partial charge >= 0.3 is 0 Å². The van der Waals surface area contributed by atoms with Crippen LogP contribution in [0, 0.1) is 0 Å². The molecule has 6 nitrogen and oxygen atoms in total. The molecule has 0 amide bonds. The van der Waals surface area contributed by atoms with Crippen LogP contribution in [0.5, 0.6) is 0 Å². The third-order valence-corrected chi connectivity index (χ3v) is 10.4. The van der Waals surface area contributed by atoms with Crippen LogP contribution in [0.15, 0.2) is 150 Å². The van der Waals surface area contributed by atoms with Crippen molar-refractivity contribution >= 4 is 22.4 Å². The maximum Gasteiger partial charge on any atom is 0.184 e. The van der Waals surface area contributed by atoms with Gasteiger partial charge in [0.1, 0.15) is 11.4 Å². The molecule has 3 aromatic heterocycles. The van der Waals surface area contributed by atoms with Gasteiger partial charge in [0, 0.05) is 28.8 Å². The lowest BCUT2D eigenvalue weighted by Gasteiger charge is -2.36. The fourth-order valence-corrected chi connectivity index (χ4v) is 8.12. The van der Waals surface area contributed by atoms with E-state index in [0.29, 0.717) is 11.7 Å².